The number of benzene rings is 1. The molecule has 0 saturated heterocycles. The lowest BCUT2D eigenvalue weighted by molar-refractivity contribution is 0.154. The van der Waals surface area contributed by atoms with Crippen molar-refractivity contribution >= 4 is 11.0 Å². The topological polar surface area (TPSA) is 50.1 Å². The lowest BCUT2D eigenvalue weighted by atomic mass is 10.3. The average molecular weight is 233 g/mol. The number of imidazole rings is 1. The number of fused-ring (bicyclic) bond motifs is 1. The number of nitrogens with one attached hydrogen (secondary N) is 1. The molecule has 92 valence electrons. The van der Waals surface area contributed by atoms with Gasteiger partial charge in [0.2, 0.25) is 0 Å². The van der Waals surface area contributed by atoms with Crippen molar-refractivity contribution in [3.8, 4) is 0 Å². The minimum Gasteiger partial charge on any atom is -0.390 e. The van der Waals surface area contributed by atoms with Gasteiger partial charge in [-0.2, -0.15) is 0 Å². The summed E-state index contributed by atoms with van der Waals surface area (Å²) in [6, 6.07) is 8.05. The number of para-hydroxylation sites is 2. The zero-order chi connectivity index (χ0) is 12.3. The van der Waals surface area contributed by atoms with Crippen LogP contribution in [0.3, 0.4) is 0 Å². The zero-order valence-electron chi connectivity index (χ0n) is 10.3. The van der Waals surface area contributed by atoms with Crippen molar-refractivity contribution in [2.45, 2.75) is 26.0 Å². The van der Waals surface area contributed by atoms with E-state index < -0.39 is 0 Å². The molecule has 0 spiro atoms. The van der Waals surface area contributed by atoms with E-state index in [1.165, 1.54) is 0 Å². The summed E-state index contributed by atoms with van der Waals surface area (Å²) in [5, 5.41) is 12.9. The standard InChI is InChI=1S/C13H19N3O/c1-3-13-15-11-6-4-5-7-12(11)16(13)9-10(17)8-14-2/h4-7,10,14,17H,3,8-9H2,1-2H3. The molecule has 1 aromatic heterocycles. The Hall–Kier alpha value is -1.39. The van der Waals surface area contributed by atoms with Gasteiger partial charge in [-0.15, -0.1) is 0 Å². The first-order valence-corrected chi connectivity index (χ1v) is 6.03. The van der Waals surface area contributed by atoms with Crippen molar-refractivity contribution in [1.29, 1.82) is 0 Å². The highest BCUT2D eigenvalue weighted by Gasteiger charge is 2.12. The SMILES string of the molecule is CCc1nc2ccccc2n1CC(O)CNC. The smallest absolute Gasteiger partial charge is 0.109 e. The normalized spacial score (nSPS) is 13.1. The Morgan fingerprint density at radius 2 is 2.18 bits per heavy atom. The summed E-state index contributed by atoms with van der Waals surface area (Å²) in [6.45, 7) is 3.27. The van der Waals surface area contributed by atoms with Crippen LogP contribution in [0.25, 0.3) is 11.0 Å². The zero-order valence-corrected chi connectivity index (χ0v) is 10.3. The Morgan fingerprint density at radius 3 is 2.88 bits per heavy atom. The predicted molar refractivity (Wildman–Crippen MR) is 69.0 cm³/mol. The van der Waals surface area contributed by atoms with Crippen LogP contribution >= 0.6 is 0 Å². The monoisotopic (exact) mass is 233 g/mol. The van der Waals surface area contributed by atoms with E-state index >= 15 is 0 Å². The number of rotatable bonds is 5. The molecule has 4 nitrogen and oxygen atoms in total. The predicted octanol–water partition coefficient (Wildman–Crippen LogP) is 1.18. The third-order valence-corrected chi connectivity index (χ3v) is 2.88. The first kappa shape index (κ1) is 12.1. The highest BCUT2D eigenvalue weighted by molar-refractivity contribution is 5.75. The minimum absolute atomic E-state index is 0.386. The van der Waals surface area contributed by atoms with Gasteiger partial charge in [-0.1, -0.05) is 19.1 Å². The number of aryl methyl sites for hydroxylation is 1. The Bertz CT molecular complexity index is 492. The van der Waals surface area contributed by atoms with Gasteiger partial charge in [-0.05, 0) is 19.2 Å². The molecule has 4 heteroatoms. The molecular weight excluding hydrogens is 214 g/mol. The maximum Gasteiger partial charge on any atom is 0.109 e. The molecule has 0 radical (unpaired) electrons. The lowest BCUT2D eigenvalue weighted by Gasteiger charge is -2.13. The summed E-state index contributed by atoms with van der Waals surface area (Å²) < 4.78 is 2.11. The third-order valence-electron chi connectivity index (χ3n) is 2.88. The number of likely N-dealkylation sites (N-methyl/N-ethyl adjacent to an activating group) is 1. The summed E-state index contributed by atoms with van der Waals surface area (Å²) in [7, 11) is 1.84. The number of aliphatic hydroxyl groups excluding tert-OH is 1. The van der Waals surface area contributed by atoms with Gasteiger partial charge < -0.3 is 15.0 Å². The molecule has 0 amide bonds. The van der Waals surface area contributed by atoms with Crippen molar-refractivity contribution in [3.63, 3.8) is 0 Å². The fraction of sp³-hybridized carbons (Fsp3) is 0.462. The second-order valence-corrected chi connectivity index (χ2v) is 4.19. The minimum atomic E-state index is -0.386. The molecule has 0 aliphatic heterocycles. The molecule has 1 unspecified atom stereocenters. The van der Waals surface area contributed by atoms with Gasteiger partial charge in [0.15, 0.2) is 0 Å². The fourth-order valence-corrected chi connectivity index (χ4v) is 2.11. The van der Waals surface area contributed by atoms with Gasteiger partial charge >= 0.3 is 0 Å². The summed E-state index contributed by atoms with van der Waals surface area (Å²) in [4.78, 5) is 4.58. The van der Waals surface area contributed by atoms with E-state index in [1.54, 1.807) is 0 Å². The Morgan fingerprint density at radius 1 is 1.41 bits per heavy atom. The van der Waals surface area contributed by atoms with Crippen LogP contribution in [0.2, 0.25) is 0 Å². The molecule has 1 heterocycles. The molecule has 0 bridgehead atoms. The third kappa shape index (κ3) is 2.48. The Labute approximate surface area is 101 Å². The summed E-state index contributed by atoms with van der Waals surface area (Å²) in [5.41, 5.74) is 2.10. The van der Waals surface area contributed by atoms with Gasteiger partial charge in [-0.25, -0.2) is 4.98 Å². The van der Waals surface area contributed by atoms with Crippen molar-refractivity contribution in [3.05, 3.63) is 30.1 Å². The molecule has 0 aliphatic carbocycles. The molecular formula is C13H19N3O. The number of aromatic nitrogens is 2. The Kier molecular flexibility index (Phi) is 3.76. The highest BCUT2D eigenvalue weighted by Crippen LogP contribution is 2.16. The first-order chi connectivity index (χ1) is 8.26. The lowest BCUT2D eigenvalue weighted by Crippen LogP contribution is -2.28. The number of hydrogen-bond donors (Lipinski definition) is 2. The number of nitrogens with zero attached hydrogens (tertiary/aromatic N) is 2. The molecule has 1 atom stereocenters. The van der Waals surface area contributed by atoms with Gasteiger partial charge in [0.1, 0.15) is 5.82 Å². The Balaban J connectivity index is 2.36. The van der Waals surface area contributed by atoms with Gasteiger partial charge in [0.05, 0.1) is 23.7 Å². The first-order valence-electron chi connectivity index (χ1n) is 6.03. The summed E-state index contributed by atoms with van der Waals surface area (Å²) in [5.74, 6) is 1.03. The second-order valence-electron chi connectivity index (χ2n) is 4.19. The van der Waals surface area contributed by atoms with E-state index in [-0.39, 0.29) is 6.10 Å². The van der Waals surface area contributed by atoms with Crippen molar-refractivity contribution < 1.29 is 5.11 Å². The quantitative estimate of drug-likeness (QED) is 0.815. The van der Waals surface area contributed by atoms with E-state index in [1.807, 2.05) is 31.3 Å². The molecule has 2 N–H and O–H groups in total. The van der Waals surface area contributed by atoms with E-state index in [0.717, 1.165) is 23.3 Å². The molecule has 2 rings (SSSR count). The number of aliphatic hydroxyl groups is 1. The molecule has 2 aromatic rings. The van der Waals surface area contributed by atoms with Crippen LogP contribution in [0.4, 0.5) is 0 Å². The van der Waals surface area contributed by atoms with Crippen LogP contribution in [0.15, 0.2) is 24.3 Å². The fourth-order valence-electron chi connectivity index (χ4n) is 2.11. The van der Waals surface area contributed by atoms with Crippen LogP contribution in [0, 0.1) is 0 Å². The maximum absolute atomic E-state index is 9.89. The van der Waals surface area contributed by atoms with Crippen LogP contribution in [-0.4, -0.2) is 34.4 Å². The van der Waals surface area contributed by atoms with Crippen LogP contribution < -0.4 is 5.32 Å². The second kappa shape index (κ2) is 5.29. The van der Waals surface area contributed by atoms with Crippen LogP contribution in [-0.2, 0) is 13.0 Å². The van der Waals surface area contributed by atoms with Crippen LogP contribution in [0.5, 0.6) is 0 Å². The molecule has 17 heavy (non-hydrogen) atoms. The van der Waals surface area contributed by atoms with Crippen molar-refractivity contribution in [1.82, 2.24) is 14.9 Å². The van der Waals surface area contributed by atoms with Crippen molar-refractivity contribution in [2.75, 3.05) is 13.6 Å². The van der Waals surface area contributed by atoms with Gasteiger partial charge in [0.25, 0.3) is 0 Å². The molecule has 0 fully saturated rings. The van der Waals surface area contributed by atoms with E-state index in [9.17, 15) is 5.11 Å². The van der Waals surface area contributed by atoms with E-state index in [0.29, 0.717) is 13.1 Å². The maximum atomic E-state index is 9.89. The van der Waals surface area contributed by atoms with Crippen molar-refractivity contribution in [2.24, 2.45) is 0 Å². The number of hydrogen-bond acceptors (Lipinski definition) is 3. The molecule has 0 saturated carbocycles. The summed E-state index contributed by atoms with van der Waals surface area (Å²) in [6.07, 6.45) is 0.490. The van der Waals surface area contributed by atoms with E-state index in [4.69, 9.17) is 0 Å². The molecule has 0 aliphatic rings. The summed E-state index contributed by atoms with van der Waals surface area (Å²) >= 11 is 0. The largest absolute Gasteiger partial charge is 0.390 e. The highest BCUT2D eigenvalue weighted by atomic mass is 16.3. The van der Waals surface area contributed by atoms with Gasteiger partial charge in [0, 0.05) is 13.0 Å². The van der Waals surface area contributed by atoms with Gasteiger partial charge in [-0.3, -0.25) is 0 Å². The molecule has 1 aromatic carbocycles. The van der Waals surface area contributed by atoms with E-state index in [2.05, 4.69) is 21.8 Å². The average Bonchev–Trinajstić information content (AvgIpc) is 2.68. The van der Waals surface area contributed by atoms with Crippen LogP contribution in [0.1, 0.15) is 12.7 Å².